The summed E-state index contributed by atoms with van der Waals surface area (Å²) in [4.78, 5) is 12.9. The van der Waals surface area contributed by atoms with Crippen molar-refractivity contribution in [3.05, 3.63) is 40.3 Å². The van der Waals surface area contributed by atoms with Crippen LogP contribution < -0.4 is 5.32 Å². The van der Waals surface area contributed by atoms with Crippen molar-refractivity contribution in [1.82, 2.24) is 9.46 Å². The number of rotatable bonds is 5. The second-order valence-corrected chi connectivity index (χ2v) is 8.97. The highest BCUT2D eigenvalue weighted by molar-refractivity contribution is 7.89. The molecule has 142 valence electrons. The molecule has 0 fully saturated rings. The van der Waals surface area contributed by atoms with E-state index in [0.717, 1.165) is 15.4 Å². The minimum absolute atomic E-state index is 0.000219. The Morgan fingerprint density at radius 2 is 1.81 bits per heavy atom. The molecule has 1 heterocycles. The Hall–Kier alpha value is -2.19. The first-order chi connectivity index (χ1) is 12.0. The van der Waals surface area contributed by atoms with Crippen LogP contribution in [-0.2, 0) is 10.0 Å². The van der Waals surface area contributed by atoms with E-state index in [4.69, 9.17) is 4.52 Å². The van der Waals surface area contributed by atoms with Gasteiger partial charge in [-0.1, -0.05) is 19.0 Å². The zero-order valence-electron chi connectivity index (χ0n) is 16.2. The molecule has 7 nitrogen and oxygen atoms in total. The first-order valence-electron chi connectivity index (χ1n) is 8.28. The monoisotopic (exact) mass is 379 g/mol. The maximum Gasteiger partial charge on any atom is 0.261 e. The maximum absolute atomic E-state index is 12.8. The summed E-state index contributed by atoms with van der Waals surface area (Å²) in [5, 5.41) is 6.70. The van der Waals surface area contributed by atoms with Crippen molar-refractivity contribution in [1.29, 1.82) is 0 Å². The molecule has 26 heavy (non-hydrogen) atoms. The highest BCUT2D eigenvalue weighted by Crippen LogP contribution is 2.28. The molecule has 1 aromatic carbocycles. The number of nitrogens with one attached hydrogen (secondary N) is 1. The van der Waals surface area contributed by atoms with Gasteiger partial charge in [0.2, 0.25) is 10.0 Å². The number of hydrogen-bond acceptors (Lipinski definition) is 5. The number of aryl methyl sites for hydroxylation is 2. The van der Waals surface area contributed by atoms with Crippen molar-refractivity contribution >= 4 is 21.6 Å². The molecule has 0 aliphatic heterocycles. The second kappa shape index (κ2) is 7.20. The lowest BCUT2D eigenvalue weighted by molar-refractivity contribution is 0.102. The summed E-state index contributed by atoms with van der Waals surface area (Å²) in [6.45, 7) is 9.17. The SMILES string of the molecule is Cc1cc(S(=O)(=O)N(C)C)cc(NC(=O)c2c(C)noc2C(C)C)c1C. The van der Waals surface area contributed by atoms with Crippen molar-refractivity contribution in [2.75, 3.05) is 19.4 Å². The molecule has 0 spiro atoms. The topological polar surface area (TPSA) is 92.5 Å². The van der Waals surface area contributed by atoms with Crippen LogP contribution in [0.25, 0.3) is 0 Å². The van der Waals surface area contributed by atoms with E-state index in [0.29, 0.717) is 22.7 Å². The predicted molar refractivity (Wildman–Crippen MR) is 100 cm³/mol. The fourth-order valence-electron chi connectivity index (χ4n) is 2.56. The number of hydrogen-bond donors (Lipinski definition) is 1. The molecule has 8 heteroatoms. The smallest absolute Gasteiger partial charge is 0.261 e. The molecule has 0 saturated heterocycles. The third-order valence-electron chi connectivity index (χ3n) is 4.31. The van der Waals surface area contributed by atoms with Gasteiger partial charge < -0.3 is 9.84 Å². The van der Waals surface area contributed by atoms with Crippen LogP contribution in [0.4, 0.5) is 5.69 Å². The van der Waals surface area contributed by atoms with Crippen LogP contribution in [-0.4, -0.2) is 37.9 Å². The summed E-state index contributed by atoms with van der Waals surface area (Å²) in [6.07, 6.45) is 0. The molecule has 1 N–H and O–H groups in total. The molecule has 0 radical (unpaired) electrons. The van der Waals surface area contributed by atoms with Gasteiger partial charge in [-0.25, -0.2) is 12.7 Å². The van der Waals surface area contributed by atoms with E-state index >= 15 is 0 Å². The van der Waals surface area contributed by atoms with Gasteiger partial charge in [0, 0.05) is 25.7 Å². The number of amides is 1. The fourth-order valence-corrected chi connectivity index (χ4v) is 3.57. The highest BCUT2D eigenvalue weighted by Gasteiger charge is 2.24. The number of aromatic nitrogens is 1. The van der Waals surface area contributed by atoms with Gasteiger partial charge in [0.25, 0.3) is 5.91 Å². The molecule has 2 aromatic rings. The molecule has 0 unspecified atom stereocenters. The van der Waals surface area contributed by atoms with Crippen LogP contribution in [0.2, 0.25) is 0 Å². The van der Waals surface area contributed by atoms with Crippen molar-refractivity contribution in [3.8, 4) is 0 Å². The van der Waals surface area contributed by atoms with Crippen molar-refractivity contribution in [2.45, 2.75) is 45.4 Å². The van der Waals surface area contributed by atoms with E-state index < -0.39 is 10.0 Å². The summed E-state index contributed by atoms with van der Waals surface area (Å²) in [7, 11) is -0.666. The molecular formula is C18H25N3O4S. The predicted octanol–water partition coefficient (Wildman–Crippen LogP) is 3.23. The molecular weight excluding hydrogens is 354 g/mol. The van der Waals surface area contributed by atoms with Crippen LogP contribution in [0.5, 0.6) is 0 Å². The summed E-state index contributed by atoms with van der Waals surface area (Å²) >= 11 is 0. The van der Waals surface area contributed by atoms with E-state index in [1.807, 2.05) is 27.7 Å². The summed E-state index contributed by atoms with van der Waals surface area (Å²) in [5.41, 5.74) is 2.91. The molecule has 0 bridgehead atoms. The molecule has 1 amide bonds. The third kappa shape index (κ3) is 3.66. The van der Waals surface area contributed by atoms with Gasteiger partial charge in [0.15, 0.2) is 5.76 Å². The normalized spacial score (nSPS) is 12.0. The van der Waals surface area contributed by atoms with Crippen molar-refractivity contribution in [3.63, 3.8) is 0 Å². The molecule has 1 aromatic heterocycles. The van der Waals surface area contributed by atoms with Gasteiger partial charge in [0.05, 0.1) is 10.6 Å². The largest absolute Gasteiger partial charge is 0.360 e. The average molecular weight is 379 g/mol. The number of sulfonamides is 1. The Bertz CT molecular complexity index is 944. The fraction of sp³-hybridized carbons (Fsp3) is 0.444. The van der Waals surface area contributed by atoms with Gasteiger partial charge in [-0.2, -0.15) is 0 Å². The molecule has 0 atom stereocenters. The molecule has 2 rings (SSSR count). The Morgan fingerprint density at radius 3 is 2.35 bits per heavy atom. The van der Waals surface area contributed by atoms with E-state index in [-0.39, 0.29) is 16.7 Å². The van der Waals surface area contributed by atoms with Crippen LogP contribution in [0.15, 0.2) is 21.6 Å². The van der Waals surface area contributed by atoms with Gasteiger partial charge in [0.1, 0.15) is 5.56 Å². The summed E-state index contributed by atoms with van der Waals surface area (Å²) in [6, 6.07) is 3.08. The van der Waals surface area contributed by atoms with E-state index in [9.17, 15) is 13.2 Å². The minimum Gasteiger partial charge on any atom is -0.360 e. The van der Waals surface area contributed by atoms with Gasteiger partial charge in [-0.3, -0.25) is 4.79 Å². The Kier molecular flexibility index (Phi) is 5.58. The molecule has 0 saturated carbocycles. The van der Waals surface area contributed by atoms with Crippen molar-refractivity contribution in [2.24, 2.45) is 0 Å². The average Bonchev–Trinajstić information content (AvgIpc) is 2.93. The number of nitrogens with zero attached hydrogens (tertiary/aromatic N) is 2. The van der Waals surface area contributed by atoms with Gasteiger partial charge in [-0.05, 0) is 44.0 Å². The van der Waals surface area contributed by atoms with Crippen LogP contribution in [0, 0.1) is 20.8 Å². The lowest BCUT2D eigenvalue weighted by Crippen LogP contribution is -2.23. The standard InChI is InChI=1S/C18H25N3O4S/c1-10(2)17-16(13(5)20-25-17)18(22)19-15-9-14(8-11(3)12(15)4)26(23,24)21(6)7/h8-10H,1-7H3,(H,19,22). The van der Waals surface area contributed by atoms with E-state index in [2.05, 4.69) is 10.5 Å². The first kappa shape index (κ1) is 20.1. The number of carbonyl (C=O) groups excluding carboxylic acids is 1. The Morgan fingerprint density at radius 1 is 1.19 bits per heavy atom. The lowest BCUT2D eigenvalue weighted by Gasteiger charge is -2.16. The van der Waals surface area contributed by atoms with Gasteiger partial charge in [-0.15, -0.1) is 0 Å². The number of carbonyl (C=O) groups is 1. The zero-order chi connectivity index (χ0) is 19.8. The van der Waals surface area contributed by atoms with Crippen molar-refractivity contribution < 1.29 is 17.7 Å². The first-order valence-corrected chi connectivity index (χ1v) is 9.72. The highest BCUT2D eigenvalue weighted by atomic mass is 32.2. The van der Waals surface area contributed by atoms with E-state index in [1.54, 1.807) is 13.0 Å². The van der Waals surface area contributed by atoms with Gasteiger partial charge >= 0.3 is 0 Å². The Balaban J connectivity index is 2.49. The maximum atomic E-state index is 12.8. The van der Waals surface area contributed by atoms with Crippen LogP contribution in [0.3, 0.4) is 0 Å². The summed E-state index contributed by atoms with van der Waals surface area (Å²) in [5.74, 6) is 0.140. The minimum atomic E-state index is -3.61. The lowest BCUT2D eigenvalue weighted by atomic mass is 10.0. The second-order valence-electron chi connectivity index (χ2n) is 6.82. The number of benzene rings is 1. The van der Waals surface area contributed by atoms with Crippen LogP contribution >= 0.6 is 0 Å². The van der Waals surface area contributed by atoms with Crippen LogP contribution in [0.1, 0.15) is 52.7 Å². The Labute approximate surface area is 154 Å². The quantitative estimate of drug-likeness (QED) is 0.861. The third-order valence-corrected chi connectivity index (χ3v) is 6.10. The van der Waals surface area contributed by atoms with E-state index in [1.165, 1.54) is 20.2 Å². The summed E-state index contributed by atoms with van der Waals surface area (Å²) < 4.78 is 31.3. The molecule has 0 aliphatic carbocycles. The number of anilines is 1. The molecule has 0 aliphatic rings. The zero-order valence-corrected chi connectivity index (χ0v) is 17.0.